The van der Waals surface area contributed by atoms with Crippen LogP contribution in [0, 0.1) is 5.92 Å². The van der Waals surface area contributed by atoms with Gasteiger partial charge in [0, 0.05) is 0 Å². The van der Waals surface area contributed by atoms with Gasteiger partial charge < -0.3 is 15.8 Å². The fourth-order valence-corrected chi connectivity index (χ4v) is 1.07. The quantitative estimate of drug-likeness (QED) is 0.672. The van der Waals surface area contributed by atoms with Crippen molar-refractivity contribution in [3.8, 4) is 0 Å². The number of carbonyl (C=O) groups excluding carboxylic acids is 1. The molecule has 0 heterocycles. The standard InChI is InChI=1S/C8H16N2O2S/c1-5(2)4-6(7(9)13)10-8(11)12-3/h5-6H,4H2,1-3H3,(H2,9,13)(H,10,11). The summed E-state index contributed by atoms with van der Waals surface area (Å²) < 4.78 is 4.45. The molecule has 1 unspecified atom stereocenters. The van der Waals surface area contributed by atoms with Gasteiger partial charge in [0.2, 0.25) is 0 Å². The van der Waals surface area contributed by atoms with Crippen LogP contribution >= 0.6 is 12.2 Å². The van der Waals surface area contributed by atoms with E-state index in [0.29, 0.717) is 10.9 Å². The van der Waals surface area contributed by atoms with Gasteiger partial charge in [0.25, 0.3) is 0 Å². The summed E-state index contributed by atoms with van der Waals surface area (Å²) in [5.74, 6) is 0.420. The second kappa shape index (κ2) is 5.75. The van der Waals surface area contributed by atoms with Crippen LogP contribution < -0.4 is 11.1 Å². The van der Waals surface area contributed by atoms with Crippen LogP contribution in [-0.4, -0.2) is 24.2 Å². The Balaban J connectivity index is 4.10. The molecule has 0 aromatic heterocycles. The average molecular weight is 204 g/mol. The van der Waals surface area contributed by atoms with Crippen molar-refractivity contribution in [3.63, 3.8) is 0 Å². The van der Waals surface area contributed by atoms with Crippen LogP contribution in [0.15, 0.2) is 0 Å². The van der Waals surface area contributed by atoms with E-state index in [0.717, 1.165) is 6.42 Å². The van der Waals surface area contributed by atoms with E-state index in [-0.39, 0.29) is 6.04 Å². The minimum absolute atomic E-state index is 0.276. The molecule has 4 nitrogen and oxygen atoms in total. The highest BCUT2D eigenvalue weighted by molar-refractivity contribution is 7.80. The third-order valence-corrected chi connectivity index (χ3v) is 1.81. The van der Waals surface area contributed by atoms with Crippen LogP contribution in [0.5, 0.6) is 0 Å². The maximum atomic E-state index is 10.9. The number of thiocarbonyl (C=S) groups is 1. The van der Waals surface area contributed by atoms with Crippen molar-refractivity contribution in [2.75, 3.05) is 7.11 Å². The fraction of sp³-hybridized carbons (Fsp3) is 0.750. The summed E-state index contributed by atoms with van der Waals surface area (Å²) >= 11 is 4.81. The van der Waals surface area contributed by atoms with Gasteiger partial charge in [0.15, 0.2) is 0 Å². The molecule has 76 valence electrons. The summed E-state index contributed by atoms with van der Waals surface area (Å²) in [6.45, 7) is 4.06. The van der Waals surface area contributed by atoms with Crippen LogP contribution in [0.1, 0.15) is 20.3 Å². The van der Waals surface area contributed by atoms with Gasteiger partial charge >= 0.3 is 6.09 Å². The molecule has 0 radical (unpaired) electrons. The lowest BCUT2D eigenvalue weighted by molar-refractivity contribution is 0.168. The highest BCUT2D eigenvalue weighted by Gasteiger charge is 2.16. The minimum atomic E-state index is -0.501. The molecular weight excluding hydrogens is 188 g/mol. The molecule has 0 aromatic carbocycles. The first-order valence-electron chi connectivity index (χ1n) is 4.11. The summed E-state index contributed by atoms with van der Waals surface area (Å²) in [7, 11) is 1.31. The van der Waals surface area contributed by atoms with Crippen molar-refractivity contribution >= 4 is 23.3 Å². The number of amides is 1. The van der Waals surface area contributed by atoms with E-state index in [1.165, 1.54) is 7.11 Å². The minimum Gasteiger partial charge on any atom is -0.453 e. The van der Waals surface area contributed by atoms with Crippen molar-refractivity contribution in [1.29, 1.82) is 0 Å². The Morgan fingerprint density at radius 3 is 2.46 bits per heavy atom. The third kappa shape index (κ3) is 5.41. The van der Waals surface area contributed by atoms with E-state index in [1.807, 2.05) is 13.8 Å². The molecule has 0 saturated heterocycles. The monoisotopic (exact) mass is 204 g/mol. The number of nitrogens with two attached hydrogens (primary N) is 1. The Labute approximate surface area is 83.8 Å². The van der Waals surface area contributed by atoms with Crippen LogP contribution in [-0.2, 0) is 4.74 Å². The van der Waals surface area contributed by atoms with E-state index >= 15 is 0 Å². The Morgan fingerprint density at radius 2 is 2.15 bits per heavy atom. The SMILES string of the molecule is COC(=O)NC(CC(C)C)C(N)=S. The number of nitrogens with one attached hydrogen (secondary N) is 1. The highest BCUT2D eigenvalue weighted by atomic mass is 32.1. The lowest BCUT2D eigenvalue weighted by Crippen LogP contribution is -2.44. The smallest absolute Gasteiger partial charge is 0.407 e. The van der Waals surface area contributed by atoms with Crippen molar-refractivity contribution in [3.05, 3.63) is 0 Å². The molecule has 0 aliphatic rings. The lowest BCUT2D eigenvalue weighted by atomic mass is 10.0. The summed E-state index contributed by atoms with van der Waals surface area (Å²) in [6, 6.07) is -0.276. The molecule has 13 heavy (non-hydrogen) atoms. The van der Waals surface area contributed by atoms with Gasteiger partial charge in [-0.1, -0.05) is 26.1 Å². The molecule has 0 saturated carbocycles. The van der Waals surface area contributed by atoms with E-state index in [9.17, 15) is 4.79 Å². The average Bonchev–Trinajstić information content (AvgIpc) is 2.02. The van der Waals surface area contributed by atoms with Gasteiger partial charge in [0.05, 0.1) is 18.1 Å². The summed E-state index contributed by atoms with van der Waals surface area (Å²) in [4.78, 5) is 11.2. The highest BCUT2D eigenvalue weighted by Crippen LogP contribution is 2.05. The summed E-state index contributed by atoms with van der Waals surface area (Å²) in [6.07, 6.45) is 0.225. The summed E-state index contributed by atoms with van der Waals surface area (Å²) in [5, 5.41) is 2.57. The number of methoxy groups -OCH3 is 1. The van der Waals surface area contributed by atoms with Crippen molar-refractivity contribution in [2.45, 2.75) is 26.3 Å². The largest absolute Gasteiger partial charge is 0.453 e. The van der Waals surface area contributed by atoms with Crippen LogP contribution in [0.3, 0.4) is 0 Å². The topological polar surface area (TPSA) is 64.3 Å². The van der Waals surface area contributed by atoms with Gasteiger partial charge in [-0.05, 0) is 12.3 Å². The molecule has 0 fully saturated rings. The van der Waals surface area contributed by atoms with E-state index in [2.05, 4.69) is 10.1 Å². The van der Waals surface area contributed by atoms with Crippen LogP contribution in [0.2, 0.25) is 0 Å². The van der Waals surface area contributed by atoms with Crippen molar-refractivity contribution in [1.82, 2.24) is 5.32 Å². The van der Waals surface area contributed by atoms with E-state index in [1.54, 1.807) is 0 Å². The zero-order valence-electron chi connectivity index (χ0n) is 8.16. The molecule has 0 aliphatic carbocycles. The first-order valence-corrected chi connectivity index (χ1v) is 4.52. The Kier molecular flexibility index (Phi) is 5.37. The molecule has 0 spiro atoms. The van der Waals surface area contributed by atoms with Crippen molar-refractivity contribution in [2.24, 2.45) is 11.7 Å². The van der Waals surface area contributed by atoms with Gasteiger partial charge in [0.1, 0.15) is 0 Å². The molecule has 5 heteroatoms. The van der Waals surface area contributed by atoms with Gasteiger partial charge in [-0.25, -0.2) is 4.79 Å². The predicted octanol–water partition coefficient (Wildman–Crippen LogP) is 1.04. The van der Waals surface area contributed by atoms with E-state index < -0.39 is 6.09 Å². The van der Waals surface area contributed by atoms with Crippen LogP contribution in [0.4, 0.5) is 4.79 Å². The summed E-state index contributed by atoms with van der Waals surface area (Å²) in [5.41, 5.74) is 5.45. The number of alkyl carbamates (subject to hydrolysis) is 1. The first-order chi connectivity index (χ1) is 5.97. The molecule has 1 amide bonds. The molecule has 0 rings (SSSR count). The molecule has 0 aromatic rings. The first kappa shape index (κ1) is 12.2. The van der Waals surface area contributed by atoms with E-state index in [4.69, 9.17) is 18.0 Å². The fourth-order valence-electron chi connectivity index (χ4n) is 0.919. The van der Waals surface area contributed by atoms with Gasteiger partial charge in [-0.2, -0.15) is 0 Å². The third-order valence-electron chi connectivity index (χ3n) is 1.53. The Bertz CT molecular complexity index is 195. The number of ether oxygens (including phenoxy) is 1. The normalized spacial score (nSPS) is 12.3. The molecule has 0 aliphatic heterocycles. The Morgan fingerprint density at radius 1 is 1.62 bits per heavy atom. The molecule has 3 N–H and O–H groups in total. The second-order valence-electron chi connectivity index (χ2n) is 3.22. The maximum Gasteiger partial charge on any atom is 0.407 e. The number of rotatable bonds is 4. The predicted molar refractivity (Wildman–Crippen MR) is 55.6 cm³/mol. The second-order valence-corrected chi connectivity index (χ2v) is 3.69. The Hall–Kier alpha value is -0.840. The number of carbonyl (C=O) groups is 1. The van der Waals surface area contributed by atoms with Gasteiger partial charge in [-0.3, -0.25) is 0 Å². The number of hydrogen-bond donors (Lipinski definition) is 2. The lowest BCUT2D eigenvalue weighted by Gasteiger charge is -2.18. The van der Waals surface area contributed by atoms with Crippen LogP contribution in [0.25, 0.3) is 0 Å². The van der Waals surface area contributed by atoms with Gasteiger partial charge in [-0.15, -0.1) is 0 Å². The maximum absolute atomic E-state index is 10.9. The molecular formula is C8H16N2O2S. The zero-order chi connectivity index (χ0) is 10.4. The number of hydrogen-bond acceptors (Lipinski definition) is 3. The van der Waals surface area contributed by atoms with Crippen molar-refractivity contribution < 1.29 is 9.53 Å². The molecule has 1 atom stereocenters. The zero-order valence-corrected chi connectivity index (χ0v) is 8.98. The molecule has 0 bridgehead atoms.